The van der Waals surface area contributed by atoms with Crippen LogP contribution in [-0.2, 0) is 9.59 Å². The quantitative estimate of drug-likeness (QED) is 0.526. The smallest absolute Gasteiger partial charge is 0.317 e. The zero-order chi connectivity index (χ0) is 17.6. The van der Waals surface area contributed by atoms with Gasteiger partial charge in [-0.15, -0.1) is 0 Å². The van der Waals surface area contributed by atoms with Gasteiger partial charge in [-0.1, -0.05) is 26.0 Å². The van der Waals surface area contributed by atoms with Gasteiger partial charge in [0.05, 0.1) is 5.41 Å². The van der Waals surface area contributed by atoms with Crippen LogP contribution in [0, 0.1) is 16.2 Å². The lowest BCUT2D eigenvalue weighted by Gasteiger charge is -2.54. The maximum absolute atomic E-state index is 12.9. The Hall–Kier alpha value is -2.17. The van der Waals surface area contributed by atoms with Gasteiger partial charge >= 0.3 is 5.97 Å². The number of hydrogen-bond acceptors (Lipinski definition) is 4. The van der Waals surface area contributed by atoms with Gasteiger partial charge in [0.25, 0.3) is 0 Å². The number of hydrogen-bond donors (Lipinski definition) is 1. The molecule has 5 nitrogen and oxygen atoms in total. The lowest BCUT2D eigenvalue weighted by atomic mass is 9.52. The van der Waals surface area contributed by atoms with E-state index in [0.29, 0.717) is 30.7 Å². The second-order valence-corrected chi connectivity index (χ2v) is 8.22. The van der Waals surface area contributed by atoms with Crippen molar-refractivity contribution >= 4 is 18.2 Å². The highest BCUT2D eigenvalue weighted by molar-refractivity contribution is 5.86. The Bertz CT molecular complexity index is 715. The second kappa shape index (κ2) is 5.43. The molecule has 1 aromatic rings. The van der Waals surface area contributed by atoms with E-state index in [1.807, 2.05) is 13.8 Å². The van der Waals surface area contributed by atoms with Crippen molar-refractivity contribution in [2.24, 2.45) is 16.2 Å². The number of carbonyl (C=O) groups excluding carboxylic acids is 3. The zero-order valence-corrected chi connectivity index (χ0v) is 14.3. The van der Waals surface area contributed by atoms with Gasteiger partial charge < -0.3 is 10.1 Å². The molecule has 0 aromatic heterocycles. The van der Waals surface area contributed by atoms with E-state index in [-0.39, 0.29) is 17.3 Å². The second-order valence-electron chi connectivity index (χ2n) is 8.22. The number of rotatable bonds is 3. The summed E-state index contributed by atoms with van der Waals surface area (Å²) >= 11 is 0. The van der Waals surface area contributed by atoms with E-state index in [1.165, 1.54) is 0 Å². The summed E-state index contributed by atoms with van der Waals surface area (Å²) in [4.78, 5) is 36.1. The summed E-state index contributed by atoms with van der Waals surface area (Å²) < 4.78 is 5.56. The summed E-state index contributed by atoms with van der Waals surface area (Å²) in [5.74, 6) is 0.0420. The molecule has 1 saturated heterocycles. The van der Waals surface area contributed by atoms with Crippen LogP contribution in [0.5, 0.6) is 5.75 Å². The van der Waals surface area contributed by atoms with Crippen LogP contribution in [0.1, 0.15) is 50.4 Å². The topological polar surface area (TPSA) is 72.5 Å². The molecule has 0 unspecified atom stereocenters. The fourth-order valence-corrected chi connectivity index (χ4v) is 4.75. The van der Waals surface area contributed by atoms with E-state index in [0.717, 1.165) is 12.7 Å². The van der Waals surface area contributed by atoms with Gasteiger partial charge in [-0.3, -0.25) is 14.4 Å². The molecule has 2 bridgehead atoms. The lowest BCUT2D eigenvalue weighted by Crippen LogP contribution is -2.60. The Morgan fingerprint density at radius 2 is 1.96 bits per heavy atom. The molecule has 1 aromatic carbocycles. The summed E-state index contributed by atoms with van der Waals surface area (Å²) in [6.07, 6.45) is 2.64. The number of ether oxygens (including phenoxy) is 1. The standard InChI is InChI=1S/C19H23NO4/c1-17-9-18(2,15(22)20-12-17)11-19(3,10-17)16(23)24-14-6-4-5-13(7-14)8-21/h4-8H,9-12H2,1-3H3,(H,20,22)/t17-,18+,19-/m1/s1. The first-order valence-corrected chi connectivity index (χ1v) is 8.24. The van der Waals surface area contributed by atoms with Gasteiger partial charge in [0, 0.05) is 17.5 Å². The SMILES string of the molecule is C[C@@]12CNC(=O)[C@@](C)(C1)C[C@](C)(C(=O)Oc1cccc(C=O)c1)C2. The maximum Gasteiger partial charge on any atom is 0.317 e. The van der Waals surface area contributed by atoms with Crippen LogP contribution in [-0.4, -0.2) is 24.7 Å². The van der Waals surface area contributed by atoms with Gasteiger partial charge in [0.15, 0.2) is 0 Å². The summed E-state index contributed by atoms with van der Waals surface area (Å²) in [5.41, 5.74) is -0.927. The highest BCUT2D eigenvalue weighted by Gasteiger charge is 2.58. The van der Waals surface area contributed by atoms with E-state index in [9.17, 15) is 14.4 Å². The number of piperidine rings is 1. The molecule has 1 amide bonds. The Kier molecular flexibility index (Phi) is 3.78. The summed E-state index contributed by atoms with van der Waals surface area (Å²) in [6, 6.07) is 6.55. The van der Waals surface area contributed by atoms with Crippen molar-refractivity contribution in [3.05, 3.63) is 29.8 Å². The Labute approximate surface area is 141 Å². The van der Waals surface area contributed by atoms with E-state index in [1.54, 1.807) is 24.3 Å². The minimum Gasteiger partial charge on any atom is -0.426 e. The van der Waals surface area contributed by atoms with E-state index >= 15 is 0 Å². The van der Waals surface area contributed by atoms with Crippen LogP contribution in [0.4, 0.5) is 0 Å². The van der Waals surface area contributed by atoms with Gasteiger partial charge in [0.2, 0.25) is 5.91 Å². The van der Waals surface area contributed by atoms with Crippen LogP contribution in [0.2, 0.25) is 0 Å². The number of nitrogens with one attached hydrogen (secondary N) is 1. The molecular formula is C19H23NO4. The molecular weight excluding hydrogens is 306 g/mol. The summed E-state index contributed by atoms with van der Waals surface area (Å²) in [5, 5.41) is 2.98. The van der Waals surface area contributed by atoms with Crippen molar-refractivity contribution in [1.82, 2.24) is 5.32 Å². The fraction of sp³-hybridized carbons (Fsp3) is 0.526. The number of carbonyl (C=O) groups is 3. The van der Waals surface area contributed by atoms with E-state index in [4.69, 9.17) is 4.74 Å². The Balaban J connectivity index is 1.85. The monoisotopic (exact) mass is 329 g/mol. The molecule has 5 heteroatoms. The van der Waals surface area contributed by atoms with Crippen molar-refractivity contribution in [3.8, 4) is 5.75 Å². The average Bonchev–Trinajstić information content (AvgIpc) is 2.50. The molecule has 0 spiro atoms. The van der Waals surface area contributed by atoms with Crippen LogP contribution < -0.4 is 10.1 Å². The molecule has 2 fully saturated rings. The Morgan fingerprint density at radius 1 is 1.21 bits per heavy atom. The van der Waals surface area contributed by atoms with Crippen LogP contribution in [0.25, 0.3) is 0 Å². The van der Waals surface area contributed by atoms with Crippen molar-refractivity contribution in [2.75, 3.05) is 6.54 Å². The zero-order valence-electron chi connectivity index (χ0n) is 14.3. The third-order valence-corrected chi connectivity index (χ3v) is 5.34. The van der Waals surface area contributed by atoms with Gasteiger partial charge in [-0.2, -0.15) is 0 Å². The summed E-state index contributed by atoms with van der Waals surface area (Å²) in [7, 11) is 0. The van der Waals surface area contributed by atoms with Crippen molar-refractivity contribution < 1.29 is 19.1 Å². The predicted molar refractivity (Wildman–Crippen MR) is 88.6 cm³/mol. The van der Waals surface area contributed by atoms with Crippen molar-refractivity contribution in [3.63, 3.8) is 0 Å². The fourth-order valence-electron chi connectivity index (χ4n) is 4.75. The van der Waals surface area contributed by atoms with E-state index < -0.39 is 10.8 Å². The number of fused-ring (bicyclic) bond motifs is 2. The normalized spacial score (nSPS) is 35.0. The van der Waals surface area contributed by atoms with Gasteiger partial charge in [0.1, 0.15) is 12.0 Å². The Morgan fingerprint density at radius 3 is 2.67 bits per heavy atom. The predicted octanol–water partition coefficient (Wildman–Crippen LogP) is 2.74. The van der Waals surface area contributed by atoms with Crippen LogP contribution in [0.15, 0.2) is 24.3 Å². The molecule has 2 aliphatic rings. The number of aldehydes is 1. The lowest BCUT2D eigenvalue weighted by molar-refractivity contribution is -0.162. The first-order chi connectivity index (χ1) is 11.2. The highest BCUT2D eigenvalue weighted by Crippen LogP contribution is 2.56. The molecule has 3 atom stereocenters. The largest absolute Gasteiger partial charge is 0.426 e. The van der Waals surface area contributed by atoms with Crippen LogP contribution in [0.3, 0.4) is 0 Å². The number of benzene rings is 1. The van der Waals surface area contributed by atoms with Crippen molar-refractivity contribution in [1.29, 1.82) is 0 Å². The molecule has 1 saturated carbocycles. The minimum absolute atomic E-state index is 0.0154. The van der Waals surface area contributed by atoms with Crippen LogP contribution >= 0.6 is 0 Å². The number of amides is 1. The summed E-state index contributed by atoms with van der Waals surface area (Å²) in [6.45, 7) is 6.51. The van der Waals surface area contributed by atoms with Crippen molar-refractivity contribution in [2.45, 2.75) is 40.0 Å². The molecule has 1 heterocycles. The molecule has 3 rings (SSSR count). The molecule has 128 valence electrons. The first kappa shape index (κ1) is 16.7. The molecule has 0 radical (unpaired) electrons. The van der Waals surface area contributed by atoms with Gasteiger partial charge in [-0.05, 0) is 43.7 Å². The first-order valence-electron chi connectivity index (χ1n) is 8.24. The third-order valence-electron chi connectivity index (χ3n) is 5.34. The van der Waals surface area contributed by atoms with E-state index in [2.05, 4.69) is 12.2 Å². The molecule has 24 heavy (non-hydrogen) atoms. The molecule has 1 N–H and O–H groups in total. The average molecular weight is 329 g/mol. The highest BCUT2D eigenvalue weighted by atomic mass is 16.5. The maximum atomic E-state index is 12.9. The minimum atomic E-state index is -0.726. The van der Waals surface area contributed by atoms with Gasteiger partial charge in [-0.25, -0.2) is 0 Å². The molecule has 1 aliphatic heterocycles. The molecule has 1 aliphatic carbocycles. The third kappa shape index (κ3) is 2.83. The number of esters is 1.